The number of amides is 3. The Labute approximate surface area is 209 Å². The molecule has 0 aromatic carbocycles. The number of rotatable bonds is 10. The van der Waals surface area contributed by atoms with E-state index in [9.17, 15) is 18.0 Å². The van der Waals surface area contributed by atoms with Crippen LogP contribution in [0.2, 0.25) is 0 Å². The Morgan fingerprint density at radius 2 is 1.72 bits per heavy atom. The number of sulfonamides is 1. The minimum atomic E-state index is -3.24. The van der Waals surface area contributed by atoms with E-state index in [2.05, 4.69) is 41.1 Å². The van der Waals surface area contributed by atoms with Gasteiger partial charge in [-0.1, -0.05) is 13.3 Å². The summed E-state index contributed by atoms with van der Waals surface area (Å²) in [6.45, 7) is 1.98. The second kappa shape index (κ2) is 10.0. The summed E-state index contributed by atoms with van der Waals surface area (Å²) in [6.07, 6.45) is 9.75. The number of nitrogens with one attached hydrogen (secondary N) is 5. The molecule has 5 N–H and O–H groups in total. The van der Waals surface area contributed by atoms with E-state index >= 15 is 0 Å². The Morgan fingerprint density at radius 3 is 2.39 bits per heavy atom. The molecule has 36 heavy (non-hydrogen) atoms. The first-order chi connectivity index (χ1) is 17.3. The quantitative estimate of drug-likeness (QED) is 0.230. The predicted octanol–water partition coefficient (Wildman–Crippen LogP) is 1.32. The Hall–Kier alpha value is -3.26. The lowest BCUT2D eigenvalue weighted by atomic mass is 9.92. The number of carbonyl (C=O) groups excluding carboxylic acids is 2. The summed E-state index contributed by atoms with van der Waals surface area (Å²) in [7, 11) is -3.24. The third-order valence-electron chi connectivity index (χ3n) is 6.50. The molecule has 3 fully saturated rings. The van der Waals surface area contributed by atoms with Crippen LogP contribution in [0.4, 0.5) is 16.7 Å². The summed E-state index contributed by atoms with van der Waals surface area (Å²) in [5.41, 5.74) is 1.19. The van der Waals surface area contributed by atoms with Crippen LogP contribution in [-0.2, 0) is 14.8 Å². The fraction of sp³-hybridized carbons (Fsp3) is 0.591. The molecule has 3 heterocycles. The van der Waals surface area contributed by atoms with Crippen LogP contribution in [0.5, 0.6) is 0 Å². The number of urea groups is 1. The second-order valence-corrected chi connectivity index (χ2v) is 11.4. The number of imide groups is 1. The molecule has 5 rings (SSSR count). The van der Waals surface area contributed by atoms with Crippen molar-refractivity contribution >= 4 is 45.6 Å². The molecule has 0 spiro atoms. The minimum absolute atomic E-state index is 0.0544. The van der Waals surface area contributed by atoms with Gasteiger partial charge in [-0.3, -0.25) is 10.1 Å². The lowest BCUT2D eigenvalue weighted by molar-refractivity contribution is -0.115. The fourth-order valence-electron chi connectivity index (χ4n) is 4.39. The van der Waals surface area contributed by atoms with Crippen LogP contribution in [0, 0.1) is 0 Å². The van der Waals surface area contributed by atoms with Gasteiger partial charge in [0.25, 0.3) is 5.91 Å². The zero-order valence-corrected chi connectivity index (χ0v) is 20.9. The van der Waals surface area contributed by atoms with Crippen molar-refractivity contribution in [1.82, 2.24) is 34.9 Å². The molecule has 2 aliphatic carbocycles. The topological polar surface area (TPSA) is 172 Å². The molecule has 2 saturated carbocycles. The fourth-order valence-corrected chi connectivity index (χ4v) is 5.92. The Bertz CT molecular complexity index is 1290. The maximum absolute atomic E-state index is 12.2. The number of hydrogen-bond acceptors (Lipinski definition) is 9. The maximum atomic E-state index is 12.2. The molecule has 2 aromatic rings. The van der Waals surface area contributed by atoms with Gasteiger partial charge in [0.05, 0.1) is 11.9 Å². The van der Waals surface area contributed by atoms with Crippen molar-refractivity contribution in [2.45, 2.75) is 76.4 Å². The van der Waals surface area contributed by atoms with E-state index < -0.39 is 22.0 Å². The van der Waals surface area contributed by atoms with E-state index in [0.717, 1.165) is 44.9 Å². The summed E-state index contributed by atoms with van der Waals surface area (Å²) in [4.78, 5) is 32.7. The molecule has 1 aliphatic heterocycles. The van der Waals surface area contributed by atoms with Gasteiger partial charge in [0.1, 0.15) is 5.70 Å². The molecule has 0 radical (unpaired) electrons. The van der Waals surface area contributed by atoms with Crippen molar-refractivity contribution in [3.63, 3.8) is 0 Å². The summed E-state index contributed by atoms with van der Waals surface area (Å²) in [5, 5.41) is 15.8. The van der Waals surface area contributed by atoms with E-state index in [1.807, 2.05) is 6.92 Å². The summed E-state index contributed by atoms with van der Waals surface area (Å²) >= 11 is 0. The van der Waals surface area contributed by atoms with E-state index in [1.54, 1.807) is 10.7 Å². The van der Waals surface area contributed by atoms with Crippen molar-refractivity contribution in [1.29, 1.82) is 0 Å². The molecule has 14 heteroatoms. The normalized spacial score (nSPS) is 23.6. The largest absolute Gasteiger partial charge is 0.351 e. The lowest BCUT2D eigenvalue weighted by Gasteiger charge is -2.29. The monoisotopic (exact) mass is 517 g/mol. The Kier molecular flexibility index (Phi) is 6.79. The van der Waals surface area contributed by atoms with Crippen LogP contribution >= 0.6 is 0 Å². The van der Waals surface area contributed by atoms with Crippen LogP contribution in [-0.4, -0.2) is 63.8 Å². The highest BCUT2D eigenvalue weighted by atomic mass is 32.2. The van der Waals surface area contributed by atoms with Gasteiger partial charge in [0.2, 0.25) is 21.9 Å². The summed E-state index contributed by atoms with van der Waals surface area (Å²) in [6, 6.07) is -0.194. The highest BCUT2D eigenvalue weighted by Crippen LogP contribution is 2.27. The third-order valence-corrected chi connectivity index (χ3v) is 8.02. The molecule has 1 saturated heterocycles. The number of unbranched alkanes of at least 4 members (excludes halogenated alkanes) is 1. The number of aromatic nitrogens is 4. The van der Waals surface area contributed by atoms with Crippen LogP contribution in [0.3, 0.4) is 0 Å². The highest BCUT2D eigenvalue weighted by molar-refractivity contribution is 7.89. The van der Waals surface area contributed by atoms with E-state index in [4.69, 9.17) is 0 Å². The third kappa shape index (κ3) is 5.75. The number of carbonyl (C=O) groups is 2. The van der Waals surface area contributed by atoms with Gasteiger partial charge >= 0.3 is 6.03 Å². The van der Waals surface area contributed by atoms with Crippen molar-refractivity contribution in [3.05, 3.63) is 17.5 Å². The van der Waals surface area contributed by atoms with E-state index in [-0.39, 0.29) is 23.5 Å². The second-order valence-electron chi connectivity index (χ2n) is 9.57. The van der Waals surface area contributed by atoms with Gasteiger partial charge in [0.15, 0.2) is 5.65 Å². The van der Waals surface area contributed by atoms with Crippen molar-refractivity contribution in [2.75, 3.05) is 16.4 Å². The molecule has 13 nitrogen and oxygen atoms in total. The van der Waals surface area contributed by atoms with Crippen molar-refractivity contribution in [2.24, 2.45) is 0 Å². The number of fused-ring (bicyclic) bond motifs is 1. The zero-order chi connectivity index (χ0) is 25.3. The highest BCUT2D eigenvalue weighted by Gasteiger charge is 2.28. The van der Waals surface area contributed by atoms with Crippen LogP contribution in [0.15, 0.2) is 11.9 Å². The van der Waals surface area contributed by atoms with Crippen molar-refractivity contribution in [3.8, 4) is 0 Å². The lowest BCUT2D eigenvalue weighted by Crippen LogP contribution is -2.41. The predicted molar refractivity (Wildman–Crippen MR) is 134 cm³/mol. The zero-order valence-electron chi connectivity index (χ0n) is 20.1. The van der Waals surface area contributed by atoms with E-state index in [0.29, 0.717) is 35.6 Å². The average molecular weight is 518 g/mol. The summed E-state index contributed by atoms with van der Waals surface area (Å²) in [5.74, 6) is 0.636. The Balaban J connectivity index is 1.31. The average Bonchev–Trinajstić information content (AvgIpc) is 3.47. The van der Waals surface area contributed by atoms with Gasteiger partial charge in [-0.05, 0) is 51.0 Å². The molecule has 0 atom stereocenters. The molecular weight excluding hydrogens is 486 g/mol. The summed E-state index contributed by atoms with van der Waals surface area (Å²) < 4.78 is 28.9. The first-order valence-electron chi connectivity index (χ1n) is 12.4. The first-order valence-corrected chi connectivity index (χ1v) is 14.1. The molecule has 2 aromatic heterocycles. The van der Waals surface area contributed by atoms with Gasteiger partial charge in [-0.2, -0.15) is 19.6 Å². The molecular formula is C22H31N9O4S. The van der Waals surface area contributed by atoms with Crippen LogP contribution < -0.4 is 26.0 Å². The SMILES string of the molecule is CCCCS(=O)(=O)N[C@H]1CC[C@H](Nc2nc(NC3CC3)n3ncc(/C=C4\NC(=O)NC4=O)c3n2)CC1. The molecule has 3 amide bonds. The smallest absolute Gasteiger partial charge is 0.326 e. The van der Waals surface area contributed by atoms with Gasteiger partial charge in [-0.25, -0.2) is 17.9 Å². The number of anilines is 2. The standard InChI is InChI=1S/C22H31N9O4S/c1-2-3-10-36(34,35)30-16-8-6-14(7-9-16)24-20-27-18-13(11-17-19(32)28-22(33)26-17)12-23-31(18)21(29-20)25-15-4-5-15/h11-12,14-16,30H,2-10H2,1H3,(H2,24,25,27,29)(H2,26,28,32,33)/b17-11-/t14-,16-. The van der Waals surface area contributed by atoms with Gasteiger partial charge in [-0.15, -0.1) is 0 Å². The molecule has 0 unspecified atom stereocenters. The molecule has 0 bridgehead atoms. The molecule has 194 valence electrons. The molecule has 3 aliphatic rings. The Morgan fingerprint density at radius 1 is 1.03 bits per heavy atom. The van der Waals surface area contributed by atoms with Crippen molar-refractivity contribution < 1.29 is 18.0 Å². The van der Waals surface area contributed by atoms with E-state index in [1.165, 1.54) is 6.08 Å². The first kappa shape index (κ1) is 24.4. The number of nitrogens with zero attached hydrogens (tertiary/aromatic N) is 4. The number of hydrogen-bond donors (Lipinski definition) is 5. The van der Waals surface area contributed by atoms with Crippen LogP contribution in [0.25, 0.3) is 11.7 Å². The van der Waals surface area contributed by atoms with Crippen LogP contribution in [0.1, 0.15) is 63.9 Å². The van der Waals surface area contributed by atoms with Gasteiger partial charge < -0.3 is 16.0 Å². The maximum Gasteiger partial charge on any atom is 0.326 e. The van der Waals surface area contributed by atoms with Gasteiger partial charge in [0, 0.05) is 23.7 Å². The minimum Gasteiger partial charge on any atom is -0.351 e.